The van der Waals surface area contributed by atoms with Gasteiger partial charge in [0.05, 0.1) is 12.2 Å². The highest BCUT2D eigenvalue weighted by Gasteiger charge is 2.73. The van der Waals surface area contributed by atoms with E-state index in [1.165, 1.54) is 11.1 Å². The Kier molecular flexibility index (Phi) is 9.84. The number of piperidine rings is 2. The molecule has 3 saturated carbocycles. The minimum absolute atomic E-state index is 0.00873. The van der Waals surface area contributed by atoms with Gasteiger partial charge >= 0.3 is 7.12 Å². The lowest BCUT2D eigenvalue weighted by atomic mass is 9.42. The molecule has 11 nitrogen and oxygen atoms in total. The van der Waals surface area contributed by atoms with Crippen LogP contribution in [0.2, 0.25) is 0 Å². The number of nitrogens with one attached hydrogen (secondary N) is 1. The zero-order chi connectivity index (χ0) is 43.3. The molecule has 4 aromatic carbocycles. The van der Waals surface area contributed by atoms with Gasteiger partial charge in [-0.3, -0.25) is 9.59 Å². The van der Waals surface area contributed by atoms with Crippen molar-refractivity contribution in [3.05, 3.63) is 125 Å². The van der Waals surface area contributed by atoms with Crippen molar-refractivity contribution in [2.75, 3.05) is 32.8 Å². The quantitative estimate of drug-likeness (QED) is 0.147. The maximum atomic E-state index is 14.1. The van der Waals surface area contributed by atoms with Crippen molar-refractivity contribution in [2.45, 2.75) is 95.1 Å². The Morgan fingerprint density at radius 2 is 1.59 bits per heavy atom. The number of hydrogen-bond donors (Lipinski definition) is 3. The van der Waals surface area contributed by atoms with Gasteiger partial charge in [-0.1, -0.05) is 68.4 Å². The summed E-state index contributed by atoms with van der Waals surface area (Å²) in [5.74, 6) is 2.58. The van der Waals surface area contributed by atoms with Crippen LogP contribution in [0, 0.1) is 17.3 Å². The molecule has 0 radical (unpaired) electrons. The Hall–Kier alpha value is -5.14. The summed E-state index contributed by atoms with van der Waals surface area (Å²) in [6.45, 7) is 11.2. The Balaban J connectivity index is 0.790. The molecule has 4 aliphatic heterocycles. The normalized spacial score (nSPS) is 26.9. The SMILES string of the molecule is CC1(C)[C@@H]2C[C@H]1[C@@]1(C)OB(c3cccc4[nH]c(C(=O)N5CCC6(CC5)COc5ccc(CN)cc56)cc34)O[C@@H]1[C@@H]2Oc1cccc(C(=O)N2CCC(c3cccc(CN)c3)CC2)c1. The number of aromatic amines is 1. The second-order valence-electron chi connectivity index (χ2n) is 19.9. The molecule has 1 aromatic heterocycles. The summed E-state index contributed by atoms with van der Waals surface area (Å²) in [5, 5.41) is 0.914. The van der Waals surface area contributed by atoms with E-state index in [-0.39, 0.29) is 46.7 Å². The van der Waals surface area contributed by atoms with E-state index in [2.05, 4.69) is 56.1 Å². The van der Waals surface area contributed by atoms with Crippen LogP contribution in [0.3, 0.4) is 0 Å². The van der Waals surface area contributed by atoms with Crippen LogP contribution in [0.4, 0.5) is 0 Å². The predicted molar refractivity (Wildman–Crippen MR) is 243 cm³/mol. The van der Waals surface area contributed by atoms with Gasteiger partial charge in [0.25, 0.3) is 11.8 Å². The highest BCUT2D eigenvalue weighted by molar-refractivity contribution is 6.65. The molecule has 3 saturated heterocycles. The second kappa shape index (κ2) is 15.3. The summed E-state index contributed by atoms with van der Waals surface area (Å²) < 4.78 is 27.2. The molecule has 2 bridgehead atoms. The first kappa shape index (κ1) is 40.6. The number of hydrogen-bond acceptors (Lipinski definition) is 8. The lowest BCUT2D eigenvalue weighted by Crippen LogP contribution is -2.72. The lowest BCUT2D eigenvalue weighted by molar-refractivity contribution is -0.245. The van der Waals surface area contributed by atoms with Gasteiger partial charge in [-0.05, 0) is 120 Å². The standard InChI is InChI=1S/C51H58BN5O6/c1-49(2)39-27-44(49)50(3)46(45(39)61-36-10-5-9-35(25-36)47(58)56-19-15-33(16-20-56)34-8-4-7-31(23-34)28-53)62-52(63-50)40-11-6-12-41-37(40)26-42(55-41)48(59)57-21-17-51(18-22-57)30-60-43-14-13-32(29-54)24-38(43)51/h4-14,23-26,33,39,44-46,55H,15-22,27-30,53-54H2,1-3H3/t39-,44-,45-,46-,50-/m1/s1. The van der Waals surface area contributed by atoms with Gasteiger partial charge in [-0.2, -0.15) is 0 Å². The number of fused-ring (bicyclic) bond motifs is 3. The first-order valence-corrected chi connectivity index (χ1v) is 23.0. The number of amides is 2. The first-order chi connectivity index (χ1) is 30.5. The third-order valence-corrected chi connectivity index (χ3v) is 16.3. The molecule has 3 aliphatic carbocycles. The number of aromatic nitrogens is 1. The van der Waals surface area contributed by atoms with Crippen LogP contribution < -0.4 is 26.4 Å². The van der Waals surface area contributed by atoms with E-state index in [0.29, 0.717) is 68.8 Å². The minimum Gasteiger partial charge on any atom is -0.492 e. The van der Waals surface area contributed by atoms with Crippen LogP contribution >= 0.6 is 0 Å². The van der Waals surface area contributed by atoms with Crippen LogP contribution in [0.15, 0.2) is 91.0 Å². The van der Waals surface area contributed by atoms with Crippen LogP contribution in [0.25, 0.3) is 10.9 Å². The molecule has 1 spiro atoms. The van der Waals surface area contributed by atoms with Crippen LogP contribution in [0.5, 0.6) is 11.5 Å². The fourth-order valence-corrected chi connectivity index (χ4v) is 12.5. The Morgan fingerprint density at radius 3 is 2.37 bits per heavy atom. The fourth-order valence-electron chi connectivity index (χ4n) is 12.5. The van der Waals surface area contributed by atoms with Crippen molar-refractivity contribution in [1.82, 2.24) is 14.8 Å². The van der Waals surface area contributed by atoms with Crippen molar-refractivity contribution in [2.24, 2.45) is 28.7 Å². The topological polar surface area (TPSA) is 145 Å². The van der Waals surface area contributed by atoms with Crippen LogP contribution in [0.1, 0.15) is 102 Å². The number of rotatable bonds is 8. The van der Waals surface area contributed by atoms with E-state index < -0.39 is 12.7 Å². The molecule has 5 atom stereocenters. The predicted octanol–water partition coefficient (Wildman–Crippen LogP) is 6.66. The molecule has 12 heteroatoms. The number of ether oxygens (including phenoxy) is 2. The van der Waals surface area contributed by atoms with Crippen molar-refractivity contribution < 1.29 is 28.4 Å². The molecule has 5 heterocycles. The summed E-state index contributed by atoms with van der Waals surface area (Å²) in [5.41, 5.74) is 18.9. The van der Waals surface area contributed by atoms with E-state index in [1.807, 2.05) is 70.5 Å². The van der Waals surface area contributed by atoms with E-state index in [4.69, 9.17) is 30.2 Å². The molecule has 12 rings (SSSR count). The number of nitrogens with two attached hydrogens (primary N) is 2. The smallest absolute Gasteiger partial charge is 0.492 e. The molecule has 7 aliphatic rings. The van der Waals surface area contributed by atoms with E-state index in [0.717, 1.165) is 65.3 Å². The summed E-state index contributed by atoms with van der Waals surface area (Å²) in [6, 6.07) is 30.5. The Morgan fingerprint density at radius 1 is 0.841 bits per heavy atom. The van der Waals surface area contributed by atoms with Gasteiger partial charge in [0.2, 0.25) is 0 Å². The third-order valence-electron chi connectivity index (χ3n) is 16.3. The average molecular weight is 848 g/mol. The number of benzene rings is 4. The van der Waals surface area contributed by atoms with E-state index >= 15 is 0 Å². The number of likely N-dealkylation sites (tertiary alicyclic amines) is 2. The van der Waals surface area contributed by atoms with E-state index in [1.54, 1.807) is 0 Å². The molecule has 63 heavy (non-hydrogen) atoms. The zero-order valence-electron chi connectivity index (χ0n) is 36.6. The van der Waals surface area contributed by atoms with Crippen molar-refractivity contribution in [3.63, 3.8) is 0 Å². The van der Waals surface area contributed by atoms with Gasteiger partial charge < -0.3 is 45.0 Å². The van der Waals surface area contributed by atoms with Gasteiger partial charge in [0.15, 0.2) is 0 Å². The molecular formula is C51H58BN5O6. The minimum atomic E-state index is -0.645. The number of carbonyl (C=O) groups is 2. The lowest BCUT2D eigenvalue weighted by Gasteiger charge is -2.66. The van der Waals surface area contributed by atoms with E-state index in [9.17, 15) is 9.59 Å². The summed E-state index contributed by atoms with van der Waals surface area (Å²) in [4.78, 5) is 35.4. The molecule has 6 fully saturated rings. The molecule has 0 unspecified atom stereocenters. The van der Waals surface area contributed by atoms with Crippen LogP contribution in [-0.2, 0) is 27.8 Å². The van der Waals surface area contributed by atoms with Crippen molar-refractivity contribution >= 4 is 35.3 Å². The number of nitrogens with zero attached hydrogens (tertiary/aromatic N) is 2. The van der Waals surface area contributed by atoms with Gasteiger partial charge in [-0.15, -0.1) is 0 Å². The van der Waals surface area contributed by atoms with Crippen molar-refractivity contribution in [3.8, 4) is 11.5 Å². The monoisotopic (exact) mass is 847 g/mol. The Bertz CT molecular complexity index is 2600. The maximum Gasteiger partial charge on any atom is 0.495 e. The molecule has 326 valence electrons. The maximum absolute atomic E-state index is 14.1. The second-order valence-corrected chi connectivity index (χ2v) is 19.9. The van der Waals surface area contributed by atoms with Gasteiger partial charge in [0.1, 0.15) is 29.4 Å². The van der Waals surface area contributed by atoms with Gasteiger partial charge in [0, 0.05) is 67.2 Å². The molecule has 5 N–H and O–H groups in total. The summed E-state index contributed by atoms with van der Waals surface area (Å²) in [7, 11) is -0.645. The fraction of sp³-hybridized carbons (Fsp3) is 0.451. The third kappa shape index (κ3) is 6.61. The van der Waals surface area contributed by atoms with Gasteiger partial charge in [-0.25, -0.2) is 0 Å². The number of carbonyl (C=O) groups excluding carboxylic acids is 2. The largest absolute Gasteiger partial charge is 0.495 e. The molecular weight excluding hydrogens is 789 g/mol. The first-order valence-electron chi connectivity index (χ1n) is 23.0. The summed E-state index contributed by atoms with van der Waals surface area (Å²) >= 11 is 0. The average Bonchev–Trinajstić information content (AvgIpc) is 4.02. The zero-order valence-corrected chi connectivity index (χ0v) is 36.6. The van der Waals surface area contributed by atoms with Crippen molar-refractivity contribution in [1.29, 1.82) is 0 Å². The highest BCUT2D eigenvalue weighted by atomic mass is 16.7. The molecule has 5 aromatic rings. The van der Waals surface area contributed by atoms with Crippen LogP contribution in [-0.4, -0.2) is 84.3 Å². The highest BCUT2D eigenvalue weighted by Crippen LogP contribution is 2.66. The molecule has 2 amide bonds. The summed E-state index contributed by atoms with van der Waals surface area (Å²) in [6.07, 6.45) is 3.87. The Labute approximate surface area is 369 Å². The number of H-pyrrole nitrogens is 1.